The topological polar surface area (TPSA) is 44.8 Å². The molecule has 108 valence electrons. The van der Waals surface area contributed by atoms with Gasteiger partial charge < -0.3 is 14.5 Å². The summed E-state index contributed by atoms with van der Waals surface area (Å²) >= 11 is 5.22. The SMILES string of the molecule is CCOC(=O)NC(=S)N1CCN(c2ccccc2)CC1. The van der Waals surface area contributed by atoms with Crippen LogP contribution >= 0.6 is 12.2 Å². The first-order chi connectivity index (χ1) is 9.70. The van der Waals surface area contributed by atoms with Gasteiger partial charge in [-0.1, -0.05) is 18.2 Å². The summed E-state index contributed by atoms with van der Waals surface area (Å²) in [7, 11) is 0. The highest BCUT2D eigenvalue weighted by molar-refractivity contribution is 7.80. The Kier molecular flexibility index (Phi) is 5.17. The number of benzene rings is 1. The smallest absolute Gasteiger partial charge is 0.413 e. The van der Waals surface area contributed by atoms with Crippen LogP contribution in [0.1, 0.15) is 6.92 Å². The minimum Gasteiger partial charge on any atom is -0.450 e. The van der Waals surface area contributed by atoms with Gasteiger partial charge in [0.25, 0.3) is 0 Å². The molecule has 1 aliphatic heterocycles. The quantitative estimate of drug-likeness (QED) is 0.843. The molecule has 6 heteroatoms. The summed E-state index contributed by atoms with van der Waals surface area (Å²) in [5.74, 6) is 0. The number of hydrogen-bond acceptors (Lipinski definition) is 4. The second-order valence-electron chi connectivity index (χ2n) is 4.46. The van der Waals surface area contributed by atoms with Crippen LogP contribution in [0, 0.1) is 0 Å². The molecule has 0 radical (unpaired) electrons. The Morgan fingerprint density at radius 3 is 2.50 bits per heavy atom. The molecule has 0 bridgehead atoms. The number of piperazine rings is 1. The van der Waals surface area contributed by atoms with Gasteiger partial charge in [0.05, 0.1) is 6.61 Å². The zero-order valence-corrected chi connectivity index (χ0v) is 12.4. The molecule has 0 spiro atoms. The molecule has 0 atom stereocenters. The van der Waals surface area contributed by atoms with E-state index in [1.165, 1.54) is 5.69 Å². The van der Waals surface area contributed by atoms with Gasteiger partial charge in [-0.05, 0) is 31.3 Å². The van der Waals surface area contributed by atoms with Crippen molar-refractivity contribution in [2.24, 2.45) is 0 Å². The van der Waals surface area contributed by atoms with E-state index in [1.54, 1.807) is 6.92 Å². The van der Waals surface area contributed by atoms with E-state index < -0.39 is 6.09 Å². The van der Waals surface area contributed by atoms with Gasteiger partial charge in [-0.25, -0.2) is 4.79 Å². The van der Waals surface area contributed by atoms with E-state index in [0.29, 0.717) is 11.7 Å². The molecular weight excluding hydrogens is 274 g/mol. The molecule has 1 amide bonds. The van der Waals surface area contributed by atoms with E-state index in [-0.39, 0.29) is 0 Å². The predicted octanol–water partition coefficient (Wildman–Crippen LogP) is 1.84. The number of carbonyl (C=O) groups excluding carboxylic acids is 1. The standard InChI is InChI=1S/C14H19N3O2S/c1-2-19-14(18)15-13(20)17-10-8-16(9-11-17)12-6-4-3-5-7-12/h3-7H,2,8-11H2,1H3,(H,15,18,20). The summed E-state index contributed by atoms with van der Waals surface area (Å²) < 4.78 is 4.82. The van der Waals surface area contributed by atoms with E-state index >= 15 is 0 Å². The van der Waals surface area contributed by atoms with Crippen molar-refractivity contribution in [2.45, 2.75) is 6.92 Å². The average Bonchev–Trinajstić information content (AvgIpc) is 2.48. The maximum absolute atomic E-state index is 11.3. The Morgan fingerprint density at radius 1 is 1.25 bits per heavy atom. The molecule has 5 nitrogen and oxygen atoms in total. The summed E-state index contributed by atoms with van der Waals surface area (Å²) in [5, 5.41) is 3.02. The van der Waals surface area contributed by atoms with Crippen LogP contribution in [0.2, 0.25) is 0 Å². The van der Waals surface area contributed by atoms with Crippen molar-refractivity contribution in [3.8, 4) is 0 Å². The summed E-state index contributed by atoms with van der Waals surface area (Å²) in [6, 6.07) is 10.3. The van der Waals surface area contributed by atoms with Crippen LogP contribution in [-0.2, 0) is 4.74 Å². The van der Waals surface area contributed by atoms with Crippen molar-refractivity contribution in [1.29, 1.82) is 0 Å². The third-order valence-corrected chi connectivity index (χ3v) is 3.53. The summed E-state index contributed by atoms with van der Waals surface area (Å²) in [4.78, 5) is 15.6. The molecule has 1 heterocycles. The molecule has 20 heavy (non-hydrogen) atoms. The molecule has 0 unspecified atom stereocenters. The van der Waals surface area contributed by atoms with Crippen molar-refractivity contribution in [3.63, 3.8) is 0 Å². The van der Waals surface area contributed by atoms with Gasteiger partial charge in [0, 0.05) is 31.9 Å². The van der Waals surface area contributed by atoms with Gasteiger partial charge in [-0.15, -0.1) is 0 Å². The number of carbonyl (C=O) groups is 1. The lowest BCUT2D eigenvalue weighted by Crippen LogP contribution is -2.52. The second kappa shape index (κ2) is 7.09. The van der Waals surface area contributed by atoms with Crippen LogP contribution in [0.5, 0.6) is 0 Å². The fourth-order valence-electron chi connectivity index (χ4n) is 2.14. The van der Waals surface area contributed by atoms with Crippen molar-refractivity contribution in [1.82, 2.24) is 10.2 Å². The Morgan fingerprint density at radius 2 is 1.90 bits per heavy atom. The van der Waals surface area contributed by atoms with E-state index in [2.05, 4.69) is 22.3 Å². The van der Waals surface area contributed by atoms with Crippen LogP contribution < -0.4 is 10.2 Å². The van der Waals surface area contributed by atoms with Gasteiger partial charge in [-0.3, -0.25) is 5.32 Å². The zero-order chi connectivity index (χ0) is 14.4. The van der Waals surface area contributed by atoms with Crippen LogP contribution in [0.15, 0.2) is 30.3 Å². The molecule has 1 aromatic carbocycles. The average molecular weight is 293 g/mol. The number of hydrogen-bond donors (Lipinski definition) is 1. The number of rotatable bonds is 2. The molecular formula is C14H19N3O2S. The third kappa shape index (κ3) is 3.84. The molecule has 2 rings (SSSR count). The summed E-state index contributed by atoms with van der Waals surface area (Å²) in [6.45, 7) is 5.46. The van der Waals surface area contributed by atoms with E-state index in [1.807, 2.05) is 23.1 Å². The highest BCUT2D eigenvalue weighted by Crippen LogP contribution is 2.15. The van der Waals surface area contributed by atoms with Gasteiger partial charge in [-0.2, -0.15) is 0 Å². The third-order valence-electron chi connectivity index (χ3n) is 3.17. The Balaban J connectivity index is 1.82. The Labute approximate surface area is 124 Å². The summed E-state index contributed by atoms with van der Waals surface area (Å²) in [5.41, 5.74) is 1.22. The maximum atomic E-state index is 11.3. The largest absolute Gasteiger partial charge is 0.450 e. The molecule has 1 saturated heterocycles. The number of para-hydroxylation sites is 1. The van der Waals surface area contributed by atoms with E-state index in [9.17, 15) is 4.79 Å². The second-order valence-corrected chi connectivity index (χ2v) is 4.85. The predicted molar refractivity (Wildman–Crippen MR) is 83.0 cm³/mol. The molecule has 0 aromatic heterocycles. The molecule has 0 aliphatic carbocycles. The lowest BCUT2D eigenvalue weighted by molar-refractivity contribution is 0.156. The normalized spacial score (nSPS) is 14.8. The monoisotopic (exact) mass is 293 g/mol. The van der Waals surface area contributed by atoms with Gasteiger partial charge >= 0.3 is 6.09 Å². The van der Waals surface area contributed by atoms with Crippen molar-refractivity contribution in [3.05, 3.63) is 30.3 Å². The van der Waals surface area contributed by atoms with Gasteiger partial charge in [0.2, 0.25) is 0 Å². The van der Waals surface area contributed by atoms with Gasteiger partial charge in [0.15, 0.2) is 5.11 Å². The first-order valence-corrected chi connectivity index (χ1v) is 7.14. The zero-order valence-electron chi connectivity index (χ0n) is 11.5. The van der Waals surface area contributed by atoms with E-state index in [4.69, 9.17) is 17.0 Å². The van der Waals surface area contributed by atoms with Crippen LogP contribution in [0.4, 0.5) is 10.5 Å². The summed E-state index contributed by atoms with van der Waals surface area (Å²) in [6.07, 6.45) is -0.483. The van der Waals surface area contributed by atoms with Gasteiger partial charge in [0.1, 0.15) is 0 Å². The first kappa shape index (κ1) is 14.6. The molecule has 1 aromatic rings. The van der Waals surface area contributed by atoms with Crippen LogP contribution in [0.25, 0.3) is 0 Å². The van der Waals surface area contributed by atoms with Crippen molar-refractivity contribution >= 4 is 29.1 Å². The fraction of sp³-hybridized carbons (Fsp3) is 0.429. The minimum absolute atomic E-state index is 0.343. The Hall–Kier alpha value is -1.82. The molecule has 1 fully saturated rings. The maximum Gasteiger partial charge on any atom is 0.413 e. The van der Waals surface area contributed by atoms with Crippen LogP contribution in [-0.4, -0.2) is 48.9 Å². The van der Waals surface area contributed by atoms with Crippen molar-refractivity contribution < 1.29 is 9.53 Å². The molecule has 1 aliphatic rings. The van der Waals surface area contributed by atoms with Crippen LogP contribution in [0.3, 0.4) is 0 Å². The number of anilines is 1. The molecule has 0 saturated carbocycles. The minimum atomic E-state index is -0.483. The molecule has 1 N–H and O–H groups in total. The lowest BCUT2D eigenvalue weighted by atomic mass is 10.2. The number of nitrogens with one attached hydrogen (secondary N) is 1. The number of amides is 1. The highest BCUT2D eigenvalue weighted by atomic mass is 32.1. The number of alkyl carbamates (subject to hydrolysis) is 1. The number of ether oxygens (including phenoxy) is 1. The lowest BCUT2D eigenvalue weighted by Gasteiger charge is -2.37. The Bertz CT molecular complexity index is 459. The highest BCUT2D eigenvalue weighted by Gasteiger charge is 2.20. The fourth-order valence-corrected chi connectivity index (χ4v) is 2.41. The van der Waals surface area contributed by atoms with E-state index in [0.717, 1.165) is 26.2 Å². The first-order valence-electron chi connectivity index (χ1n) is 6.73. The number of thiocarbonyl (C=S) groups is 1. The van der Waals surface area contributed by atoms with Crippen molar-refractivity contribution in [2.75, 3.05) is 37.7 Å². The number of nitrogens with zero attached hydrogens (tertiary/aromatic N) is 2.